The maximum atomic E-state index is 7.18. The summed E-state index contributed by atoms with van der Waals surface area (Å²) in [6.45, 7) is 6.56. The second kappa shape index (κ2) is 8.96. The lowest BCUT2D eigenvalue weighted by atomic mass is 9.70. The van der Waals surface area contributed by atoms with Crippen LogP contribution < -0.4 is 11.1 Å². The van der Waals surface area contributed by atoms with Crippen LogP contribution in [-0.4, -0.2) is 38.0 Å². The molecule has 2 unspecified atom stereocenters. The van der Waals surface area contributed by atoms with Gasteiger partial charge < -0.3 is 16.0 Å². The zero-order chi connectivity index (χ0) is 25.9. The fraction of sp³-hybridized carbons (Fsp3) is 0.355. The molecule has 1 saturated heterocycles. The van der Waals surface area contributed by atoms with E-state index in [0.29, 0.717) is 17.7 Å². The Kier molecular flexibility index (Phi) is 5.53. The van der Waals surface area contributed by atoms with E-state index in [1.807, 2.05) is 42.9 Å². The molecule has 1 saturated carbocycles. The number of hydrogen-bond donors (Lipinski definition) is 3. The van der Waals surface area contributed by atoms with Gasteiger partial charge in [-0.3, -0.25) is 4.98 Å². The molecule has 7 nitrogen and oxygen atoms in total. The number of nitrogens with zero attached hydrogens (tertiary/aromatic N) is 4. The molecular formula is C31H33N7. The van der Waals surface area contributed by atoms with E-state index < -0.39 is 0 Å². The Morgan fingerprint density at radius 2 is 1.87 bits per heavy atom. The van der Waals surface area contributed by atoms with Gasteiger partial charge in [0.2, 0.25) is 0 Å². The van der Waals surface area contributed by atoms with E-state index in [4.69, 9.17) is 15.7 Å². The lowest BCUT2D eigenvalue weighted by molar-refractivity contribution is 0.128. The van der Waals surface area contributed by atoms with Crippen LogP contribution in [0.3, 0.4) is 0 Å². The molecule has 0 amide bonds. The number of benzene rings is 1. The molecule has 4 N–H and O–H groups in total. The molecule has 0 bridgehead atoms. The van der Waals surface area contributed by atoms with Gasteiger partial charge in [0.05, 0.1) is 23.4 Å². The van der Waals surface area contributed by atoms with E-state index in [2.05, 4.69) is 52.3 Å². The molecule has 7 rings (SSSR count). The third-order valence-electron chi connectivity index (χ3n) is 8.50. The molecule has 4 aromatic heterocycles. The normalized spacial score (nSPS) is 20.1. The Bertz CT molecular complexity index is 1640. The van der Waals surface area contributed by atoms with E-state index in [0.717, 1.165) is 64.0 Å². The maximum absolute atomic E-state index is 7.18. The molecule has 0 spiro atoms. The Hall–Kier alpha value is -3.68. The number of nitrogens with one attached hydrogen (secondary N) is 2. The first-order valence-corrected chi connectivity index (χ1v) is 13.6. The van der Waals surface area contributed by atoms with E-state index in [1.165, 1.54) is 18.4 Å². The topological polar surface area (TPSA) is 105 Å². The molecule has 5 aromatic rings. The van der Waals surface area contributed by atoms with Crippen molar-refractivity contribution < 1.29 is 0 Å². The number of hydrogen-bond acceptors (Lipinski definition) is 6. The monoisotopic (exact) mass is 503 g/mol. The Morgan fingerprint density at radius 3 is 2.66 bits per heavy atom. The van der Waals surface area contributed by atoms with Crippen LogP contribution >= 0.6 is 0 Å². The summed E-state index contributed by atoms with van der Waals surface area (Å²) in [7, 11) is 0. The summed E-state index contributed by atoms with van der Waals surface area (Å²) >= 11 is 0. The van der Waals surface area contributed by atoms with Crippen LogP contribution in [0.1, 0.15) is 56.3 Å². The molecule has 0 radical (unpaired) electrons. The summed E-state index contributed by atoms with van der Waals surface area (Å²) in [5, 5.41) is 5.66. The average molecular weight is 504 g/mol. The van der Waals surface area contributed by atoms with Gasteiger partial charge in [0, 0.05) is 41.0 Å². The van der Waals surface area contributed by atoms with E-state index in [9.17, 15) is 0 Å². The predicted octanol–water partition coefficient (Wildman–Crippen LogP) is 5.75. The van der Waals surface area contributed by atoms with Gasteiger partial charge in [0.1, 0.15) is 5.65 Å². The molecule has 2 atom stereocenters. The van der Waals surface area contributed by atoms with Crippen molar-refractivity contribution in [2.24, 2.45) is 17.1 Å². The van der Waals surface area contributed by atoms with Crippen LogP contribution in [0.4, 0.5) is 0 Å². The number of fused-ring (bicyclic) bond motifs is 2. The second-order valence-corrected chi connectivity index (χ2v) is 11.6. The van der Waals surface area contributed by atoms with Gasteiger partial charge in [-0.15, -0.1) is 0 Å². The summed E-state index contributed by atoms with van der Waals surface area (Å²) in [6, 6.07) is 14.3. The minimum absolute atomic E-state index is 0.0665. The SMILES string of the molecule is CC1(C)CNCCC1C(N)c1nc(-c2ccnc3[nH]c(-c4ccccc4)cc23)nc2cncc(C3CC3)c12. The summed E-state index contributed by atoms with van der Waals surface area (Å²) in [4.78, 5) is 23.1. The highest BCUT2D eigenvalue weighted by Crippen LogP contribution is 2.46. The molecule has 1 aliphatic heterocycles. The fourth-order valence-electron chi connectivity index (χ4n) is 6.24. The van der Waals surface area contributed by atoms with Gasteiger partial charge in [0.15, 0.2) is 5.82 Å². The Balaban J connectivity index is 1.43. The standard InChI is InChI=1S/C31H33N7/c1-31(2)17-33-12-11-23(31)27(32)28-26-22(18-8-9-18)15-34-16-25(26)37-30(38-28)20-10-13-35-29-21(20)14-24(36-29)19-6-4-3-5-7-19/h3-7,10,13-16,18,23,27,33H,8-9,11-12,17,32H2,1-2H3,(H,35,36). The Morgan fingerprint density at radius 1 is 1.03 bits per heavy atom. The van der Waals surface area contributed by atoms with E-state index in [1.54, 1.807) is 0 Å². The van der Waals surface area contributed by atoms with E-state index >= 15 is 0 Å². The quantitative estimate of drug-likeness (QED) is 0.282. The lowest BCUT2D eigenvalue weighted by Crippen LogP contribution is -2.47. The molecule has 38 heavy (non-hydrogen) atoms. The minimum Gasteiger partial charge on any atom is -0.339 e. The first kappa shape index (κ1) is 23.4. The largest absolute Gasteiger partial charge is 0.339 e. The molecule has 2 aliphatic rings. The number of aromatic nitrogens is 5. The maximum Gasteiger partial charge on any atom is 0.160 e. The summed E-state index contributed by atoms with van der Waals surface area (Å²) in [5.74, 6) is 1.51. The Labute approximate surface area is 222 Å². The van der Waals surface area contributed by atoms with Crippen LogP contribution in [0.2, 0.25) is 0 Å². The van der Waals surface area contributed by atoms with Crippen LogP contribution in [0.25, 0.3) is 44.6 Å². The van der Waals surface area contributed by atoms with Crippen molar-refractivity contribution in [2.75, 3.05) is 13.1 Å². The third-order valence-corrected chi connectivity index (χ3v) is 8.50. The highest BCUT2D eigenvalue weighted by Gasteiger charge is 2.39. The molecule has 192 valence electrons. The molecule has 5 heterocycles. The van der Waals surface area contributed by atoms with Gasteiger partial charge in [-0.2, -0.15) is 0 Å². The van der Waals surface area contributed by atoms with Gasteiger partial charge >= 0.3 is 0 Å². The third kappa shape index (κ3) is 3.97. The molecular weight excluding hydrogens is 470 g/mol. The number of rotatable bonds is 5. The zero-order valence-corrected chi connectivity index (χ0v) is 21.9. The minimum atomic E-state index is -0.195. The van der Waals surface area contributed by atoms with Crippen LogP contribution in [0.5, 0.6) is 0 Å². The van der Waals surface area contributed by atoms with Crippen molar-refractivity contribution in [3.8, 4) is 22.6 Å². The highest BCUT2D eigenvalue weighted by atomic mass is 15.0. The van der Waals surface area contributed by atoms with E-state index in [-0.39, 0.29) is 11.5 Å². The number of nitrogens with two attached hydrogens (primary N) is 1. The molecule has 2 fully saturated rings. The first-order valence-electron chi connectivity index (χ1n) is 13.6. The van der Waals surface area contributed by atoms with Gasteiger partial charge in [-0.25, -0.2) is 15.0 Å². The molecule has 7 heteroatoms. The number of pyridine rings is 2. The van der Waals surface area contributed by atoms with Crippen molar-refractivity contribution >= 4 is 21.9 Å². The van der Waals surface area contributed by atoms with Crippen LogP contribution in [0, 0.1) is 11.3 Å². The fourth-order valence-corrected chi connectivity index (χ4v) is 6.24. The summed E-state index contributed by atoms with van der Waals surface area (Å²) in [6.07, 6.45) is 9.11. The predicted molar refractivity (Wildman–Crippen MR) is 152 cm³/mol. The molecule has 1 aliphatic carbocycles. The van der Waals surface area contributed by atoms with Crippen molar-refractivity contribution in [1.29, 1.82) is 0 Å². The highest BCUT2D eigenvalue weighted by molar-refractivity contribution is 5.96. The second-order valence-electron chi connectivity index (χ2n) is 11.6. The summed E-state index contributed by atoms with van der Waals surface area (Å²) in [5.41, 5.74) is 14.2. The van der Waals surface area contributed by atoms with Crippen molar-refractivity contribution in [2.45, 2.75) is 45.1 Å². The lowest BCUT2D eigenvalue weighted by Gasteiger charge is -2.42. The average Bonchev–Trinajstić information content (AvgIpc) is 3.69. The van der Waals surface area contributed by atoms with Crippen LogP contribution in [-0.2, 0) is 0 Å². The zero-order valence-electron chi connectivity index (χ0n) is 21.9. The van der Waals surface area contributed by atoms with Crippen molar-refractivity contribution in [3.63, 3.8) is 0 Å². The first-order chi connectivity index (χ1) is 18.5. The van der Waals surface area contributed by atoms with Gasteiger partial charge in [0.25, 0.3) is 0 Å². The van der Waals surface area contributed by atoms with Crippen LogP contribution in [0.15, 0.2) is 61.1 Å². The molecule has 1 aromatic carbocycles. The van der Waals surface area contributed by atoms with Crippen molar-refractivity contribution in [3.05, 3.63) is 72.3 Å². The van der Waals surface area contributed by atoms with Crippen molar-refractivity contribution in [1.82, 2.24) is 30.2 Å². The summed E-state index contributed by atoms with van der Waals surface area (Å²) < 4.78 is 0. The van der Waals surface area contributed by atoms with Gasteiger partial charge in [-0.1, -0.05) is 44.2 Å². The number of aromatic amines is 1. The van der Waals surface area contributed by atoms with Gasteiger partial charge in [-0.05, 0) is 66.3 Å². The smallest absolute Gasteiger partial charge is 0.160 e. The number of H-pyrrole nitrogens is 1. The number of piperidine rings is 1.